The van der Waals surface area contributed by atoms with Crippen molar-refractivity contribution in [3.8, 4) is 0 Å². The molecule has 17 heavy (non-hydrogen) atoms. The fourth-order valence-corrected chi connectivity index (χ4v) is 1.91. The van der Waals surface area contributed by atoms with Crippen LogP contribution < -0.4 is 5.73 Å². The second-order valence-corrected chi connectivity index (χ2v) is 4.35. The van der Waals surface area contributed by atoms with Gasteiger partial charge in [-0.3, -0.25) is 0 Å². The van der Waals surface area contributed by atoms with E-state index >= 15 is 0 Å². The maximum absolute atomic E-state index is 11.9. The third kappa shape index (κ3) is 2.90. The summed E-state index contributed by atoms with van der Waals surface area (Å²) in [6, 6.07) is 4.91. The molecular formula is C12H14ClNO3. The molecule has 1 heterocycles. The summed E-state index contributed by atoms with van der Waals surface area (Å²) in [5.74, 6) is -0.444. The Morgan fingerprint density at radius 2 is 2.35 bits per heavy atom. The molecular weight excluding hydrogens is 242 g/mol. The average molecular weight is 256 g/mol. The first kappa shape index (κ1) is 12.2. The van der Waals surface area contributed by atoms with E-state index in [1.54, 1.807) is 18.2 Å². The van der Waals surface area contributed by atoms with E-state index in [1.165, 1.54) is 0 Å². The van der Waals surface area contributed by atoms with E-state index < -0.39 is 5.97 Å². The van der Waals surface area contributed by atoms with Gasteiger partial charge in [-0.25, -0.2) is 4.79 Å². The largest absolute Gasteiger partial charge is 0.456 e. The maximum atomic E-state index is 11.9. The highest BCUT2D eigenvalue weighted by Gasteiger charge is 2.21. The molecule has 0 spiro atoms. The molecule has 0 bridgehead atoms. The minimum Gasteiger partial charge on any atom is -0.456 e. The van der Waals surface area contributed by atoms with Gasteiger partial charge in [0.05, 0.1) is 22.9 Å². The number of nitrogen functional groups attached to an aromatic ring is 1. The number of rotatable bonds is 2. The number of nitrogens with two attached hydrogens (primary N) is 1. The van der Waals surface area contributed by atoms with Crippen LogP contribution in [-0.4, -0.2) is 25.3 Å². The SMILES string of the molecule is Nc1c(Cl)cccc1C(=O)OC1CCCOC1. The van der Waals surface area contributed by atoms with Gasteiger partial charge in [0.1, 0.15) is 6.10 Å². The van der Waals surface area contributed by atoms with Gasteiger partial charge in [0.15, 0.2) is 0 Å². The molecule has 92 valence electrons. The summed E-state index contributed by atoms with van der Waals surface area (Å²) in [5.41, 5.74) is 6.29. The number of carbonyl (C=O) groups excluding carboxylic acids is 1. The normalized spacial score (nSPS) is 19.9. The summed E-state index contributed by atoms with van der Waals surface area (Å²) in [5, 5.41) is 0.361. The number of carbonyl (C=O) groups is 1. The smallest absolute Gasteiger partial charge is 0.340 e. The topological polar surface area (TPSA) is 61.6 Å². The highest BCUT2D eigenvalue weighted by Crippen LogP contribution is 2.24. The van der Waals surface area contributed by atoms with E-state index in [2.05, 4.69) is 0 Å². The molecule has 1 atom stereocenters. The van der Waals surface area contributed by atoms with Crippen molar-refractivity contribution < 1.29 is 14.3 Å². The molecule has 1 saturated heterocycles. The van der Waals surface area contributed by atoms with Gasteiger partial charge in [-0.05, 0) is 25.0 Å². The molecule has 5 heteroatoms. The van der Waals surface area contributed by atoms with E-state index in [0.717, 1.165) is 19.4 Å². The van der Waals surface area contributed by atoms with Crippen molar-refractivity contribution in [3.63, 3.8) is 0 Å². The Labute approximate surface area is 105 Å². The van der Waals surface area contributed by atoms with Crippen LogP contribution in [0, 0.1) is 0 Å². The van der Waals surface area contributed by atoms with Crippen LogP contribution in [0.15, 0.2) is 18.2 Å². The van der Waals surface area contributed by atoms with E-state index in [4.69, 9.17) is 26.8 Å². The molecule has 1 aromatic carbocycles. The van der Waals surface area contributed by atoms with Crippen molar-refractivity contribution in [3.05, 3.63) is 28.8 Å². The van der Waals surface area contributed by atoms with Gasteiger partial charge in [0, 0.05) is 6.61 Å². The Morgan fingerprint density at radius 1 is 1.53 bits per heavy atom. The number of benzene rings is 1. The number of anilines is 1. The lowest BCUT2D eigenvalue weighted by Gasteiger charge is -2.22. The van der Waals surface area contributed by atoms with Gasteiger partial charge in [-0.1, -0.05) is 17.7 Å². The van der Waals surface area contributed by atoms with Crippen LogP contribution in [0.3, 0.4) is 0 Å². The van der Waals surface area contributed by atoms with Crippen LogP contribution in [0.4, 0.5) is 5.69 Å². The molecule has 1 aliphatic rings. The molecule has 0 radical (unpaired) electrons. The molecule has 1 unspecified atom stereocenters. The van der Waals surface area contributed by atoms with E-state index in [-0.39, 0.29) is 11.8 Å². The van der Waals surface area contributed by atoms with Crippen LogP contribution in [0.2, 0.25) is 5.02 Å². The predicted octanol–water partition coefficient (Wildman–Crippen LogP) is 2.26. The fraction of sp³-hybridized carbons (Fsp3) is 0.417. The zero-order valence-corrected chi connectivity index (χ0v) is 10.1. The zero-order chi connectivity index (χ0) is 12.3. The minimum absolute atomic E-state index is 0.186. The Hall–Kier alpha value is -1.26. The first-order valence-corrected chi connectivity index (χ1v) is 5.89. The molecule has 1 fully saturated rings. The maximum Gasteiger partial charge on any atom is 0.340 e. The highest BCUT2D eigenvalue weighted by molar-refractivity contribution is 6.33. The summed E-state index contributed by atoms with van der Waals surface area (Å²) in [7, 11) is 0. The summed E-state index contributed by atoms with van der Waals surface area (Å²) in [4.78, 5) is 11.9. The van der Waals surface area contributed by atoms with Gasteiger partial charge in [-0.15, -0.1) is 0 Å². The van der Waals surface area contributed by atoms with E-state index in [0.29, 0.717) is 17.2 Å². The molecule has 2 rings (SSSR count). The molecule has 0 saturated carbocycles. The van der Waals surface area contributed by atoms with Crippen molar-refractivity contribution in [1.29, 1.82) is 0 Å². The van der Waals surface area contributed by atoms with Crippen molar-refractivity contribution in [2.45, 2.75) is 18.9 Å². The van der Waals surface area contributed by atoms with Crippen LogP contribution in [0.5, 0.6) is 0 Å². The molecule has 0 amide bonds. The third-order valence-corrected chi connectivity index (χ3v) is 2.99. The van der Waals surface area contributed by atoms with Crippen LogP contribution >= 0.6 is 11.6 Å². The van der Waals surface area contributed by atoms with Gasteiger partial charge in [0.25, 0.3) is 0 Å². The van der Waals surface area contributed by atoms with Gasteiger partial charge in [-0.2, -0.15) is 0 Å². The Bertz CT molecular complexity index is 416. The average Bonchev–Trinajstić information content (AvgIpc) is 2.34. The van der Waals surface area contributed by atoms with Gasteiger partial charge >= 0.3 is 5.97 Å². The lowest BCUT2D eigenvalue weighted by Crippen LogP contribution is -2.28. The first-order valence-electron chi connectivity index (χ1n) is 5.51. The molecule has 1 aliphatic heterocycles. The number of ether oxygens (including phenoxy) is 2. The Kier molecular flexibility index (Phi) is 3.86. The second kappa shape index (κ2) is 5.38. The summed E-state index contributed by atoms with van der Waals surface area (Å²) in [6.45, 7) is 1.18. The summed E-state index contributed by atoms with van der Waals surface area (Å²) < 4.78 is 10.5. The number of hydrogen-bond donors (Lipinski definition) is 1. The zero-order valence-electron chi connectivity index (χ0n) is 9.32. The minimum atomic E-state index is -0.444. The number of hydrogen-bond acceptors (Lipinski definition) is 4. The summed E-state index contributed by atoms with van der Waals surface area (Å²) >= 11 is 5.84. The standard InChI is InChI=1S/C12H14ClNO3/c13-10-5-1-4-9(11(10)14)12(15)17-8-3-2-6-16-7-8/h1,4-5,8H,2-3,6-7,14H2. The van der Waals surface area contributed by atoms with Gasteiger partial charge < -0.3 is 15.2 Å². The van der Waals surface area contributed by atoms with Crippen molar-refractivity contribution in [2.75, 3.05) is 18.9 Å². The van der Waals surface area contributed by atoms with Crippen molar-refractivity contribution in [1.82, 2.24) is 0 Å². The van der Waals surface area contributed by atoms with Crippen LogP contribution in [0.1, 0.15) is 23.2 Å². The first-order chi connectivity index (χ1) is 8.18. The lowest BCUT2D eigenvalue weighted by atomic mass is 10.1. The number of esters is 1. The van der Waals surface area contributed by atoms with Crippen LogP contribution in [0.25, 0.3) is 0 Å². The third-order valence-electron chi connectivity index (χ3n) is 2.67. The monoisotopic (exact) mass is 255 g/mol. The number of para-hydroxylation sites is 1. The lowest BCUT2D eigenvalue weighted by molar-refractivity contribution is -0.0305. The fourth-order valence-electron chi connectivity index (χ4n) is 1.73. The predicted molar refractivity (Wildman–Crippen MR) is 65.1 cm³/mol. The van der Waals surface area contributed by atoms with E-state index in [9.17, 15) is 4.79 Å². The molecule has 1 aromatic rings. The Morgan fingerprint density at radius 3 is 3.06 bits per heavy atom. The van der Waals surface area contributed by atoms with Crippen molar-refractivity contribution >= 4 is 23.3 Å². The highest BCUT2D eigenvalue weighted by atomic mass is 35.5. The molecule has 0 aromatic heterocycles. The number of halogens is 1. The van der Waals surface area contributed by atoms with Crippen LogP contribution in [-0.2, 0) is 9.47 Å². The molecule has 4 nitrogen and oxygen atoms in total. The molecule has 2 N–H and O–H groups in total. The summed E-state index contributed by atoms with van der Waals surface area (Å²) in [6.07, 6.45) is 1.55. The quantitative estimate of drug-likeness (QED) is 0.650. The molecule has 0 aliphatic carbocycles. The Balaban J connectivity index is 2.06. The second-order valence-electron chi connectivity index (χ2n) is 3.95. The van der Waals surface area contributed by atoms with E-state index in [1.807, 2.05) is 0 Å². The van der Waals surface area contributed by atoms with Crippen molar-refractivity contribution in [2.24, 2.45) is 0 Å². The van der Waals surface area contributed by atoms with Gasteiger partial charge in [0.2, 0.25) is 0 Å².